The molecule has 0 atom stereocenters. The van der Waals surface area contributed by atoms with Gasteiger partial charge in [0.15, 0.2) is 0 Å². The van der Waals surface area contributed by atoms with E-state index in [0.717, 1.165) is 0 Å². The Bertz CT molecular complexity index is 509. The summed E-state index contributed by atoms with van der Waals surface area (Å²) in [5, 5.41) is 3.41. The molecular formula is C11H8Cl2N2O. The summed E-state index contributed by atoms with van der Waals surface area (Å²) in [6.07, 6.45) is 1.68. The number of benzene rings is 1. The van der Waals surface area contributed by atoms with Gasteiger partial charge in [-0.3, -0.25) is 4.79 Å². The van der Waals surface area contributed by atoms with E-state index >= 15 is 0 Å². The third-order valence-corrected chi connectivity index (χ3v) is 2.86. The summed E-state index contributed by atoms with van der Waals surface area (Å²) in [4.78, 5) is 14.5. The molecule has 16 heavy (non-hydrogen) atoms. The fraction of sp³-hybridized carbons (Fsp3) is 0. The van der Waals surface area contributed by atoms with Crippen molar-refractivity contribution in [3.63, 3.8) is 0 Å². The molecule has 0 spiro atoms. The third-order valence-electron chi connectivity index (χ3n) is 2.04. The van der Waals surface area contributed by atoms with Crippen molar-refractivity contribution in [2.45, 2.75) is 0 Å². The lowest BCUT2D eigenvalue weighted by Gasteiger charge is -2.06. The minimum absolute atomic E-state index is 0.255. The van der Waals surface area contributed by atoms with Crippen LogP contribution < -0.4 is 5.32 Å². The van der Waals surface area contributed by atoms with Crippen molar-refractivity contribution in [3.8, 4) is 0 Å². The van der Waals surface area contributed by atoms with E-state index in [2.05, 4.69) is 10.3 Å². The first kappa shape index (κ1) is 11.0. The molecule has 1 aromatic heterocycles. The molecule has 0 unspecified atom stereocenters. The van der Waals surface area contributed by atoms with E-state index in [0.29, 0.717) is 21.4 Å². The maximum Gasteiger partial charge on any atom is 0.272 e. The van der Waals surface area contributed by atoms with Crippen LogP contribution in [0, 0.1) is 0 Å². The highest BCUT2D eigenvalue weighted by atomic mass is 35.5. The number of rotatable bonds is 2. The van der Waals surface area contributed by atoms with Crippen molar-refractivity contribution in [3.05, 3.63) is 52.3 Å². The summed E-state index contributed by atoms with van der Waals surface area (Å²) >= 11 is 11.8. The second-order valence-electron chi connectivity index (χ2n) is 3.14. The van der Waals surface area contributed by atoms with E-state index in [1.807, 2.05) is 0 Å². The van der Waals surface area contributed by atoms with Crippen LogP contribution in [-0.2, 0) is 0 Å². The second-order valence-corrected chi connectivity index (χ2v) is 3.92. The zero-order valence-electron chi connectivity index (χ0n) is 8.13. The molecule has 0 fully saturated rings. The molecule has 0 saturated heterocycles. The Hall–Kier alpha value is -1.45. The van der Waals surface area contributed by atoms with E-state index < -0.39 is 0 Å². The van der Waals surface area contributed by atoms with E-state index in [-0.39, 0.29) is 5.91 Å². The Morgan fingerprint density at radius 2 is 2.00 bits per heavy atom. The van der Waals surface area contributed by atoms with Gasteiger partial charge in [0.1, 0.15) is 5.69 Å². The quantitative estimate of drug-likeness (QED) is 0.846. The maximum absolute atomic E-state index is 11.7. The van der Waals surface area contributed by atoms with Crippen LogP contribution in [-0.4, -0.2) is 10.9 Å². The van der Waals surface area contributed by atoms with E-state index in [1.165, 1.54) is 0 Å². The average molecular weight is 255 g/mol. The Kier molecular flexibility index (Phi) is 3.17. The molecule has 1 heterocycles. The minimum Gasteiger partial charge on any atom is -0.357 e. The molecule has 0 radical (unpaired) electrons. The lowest BCUT2D eigenvalue weighted by Crippen LogP contribution is -2.12. The molecular weight excluding hydrogens is 247 g/mol. The number of carbonyl (C=O) groups excluding carboxylic acids is 1. The highest BCUT2D eigenvalue weighted by Gasteiger charge is 2.10. The predicted molar refractivity (Wildman–Crippen MR) is 65.2 cm³/mol. The van der Waals surface area contributed by atoms with E-state index in [9.17, 15) is 4.79 Å². The number of aromatic nitrogens is 1. The number of aromatic amines is 1. The minimum atomic E-state index is -0.255. The largest absolute Gasteiger partial charge is 0.357 e. The monoisotopic (exact) mass is 254 g/mol. The molecule has 1 amide bonds. The van der Waals surface area contributed by atoms with Crippen molar-refractivity contribution in [1.29, 1.82) is 0 Å². The molecule has 0 bridgehead atoms. The van der Waals surface area contributed by atoms with Gasteiger partial charge in [-0.25, -0.2) is 0 Å². The molecule has 0 aliphatic carbocycles. The molecule has 0 saturated carbocycles. The predicted octanol–water partition coefficient (Wildman–Crippen LogP) is 3.57. The standard InChI is InChI=1S/C11H8Cl2N2O/c12-7-3-1-4-8(10(7)13)15-11(16)9-5-2-6-14-9/h1-6,14H,(H,15,16). The van der Waals surface area contributed by atoms with Gasteiger partial charge in [-0.05, 0) is 24.3 Å². The average Bonchev–Trinajstić information content (AvgIpc) is 2.78. The fourth-order valence-corrected chi connectivity index (χ4v) is 1.61. The number of carbonyl (C=O) groups is 1. The van der Waals surface area contributed by atoms with Crippen LogP contribution in [0.1, 0.15) is 10.5 Å². The summed E-state index contributed by atoms with van der Waals surface area (Å²) in [5.41, 5.74) is 0.963. The zero-order chi connectivity index (χ0) is 11.5. The first-order chi connectivity index (χ1) is 7.68. The van der Waals surface area contributed by atoms with Crippen LogP contribution in [0.3, 0.4) is 0 Å². The molecule has 2 aromatic rings. The summed E-state index contributed by atoms with van der Waals surface area (Å²) in [7, 11) is 0. The smallest absolute Gasteiger partial charge is 0.272 e. The highest BCUT2D eigenvalue weighted by molar-refractivity contribution is 6.44. The Morgan fingerprint density at radius 3 is 2.69 bits per heavy atom. The van der Waals surface area contributed by atoms with E-state index in [4.69, 9.17) is 23.2 Å². The molecule has 2 N–H and O–H groups in total. The van der Waals surface area contributed by atoms with Gasteiger partial charge in [-0.1, -0.05) is 29.3 Å². The van der Waals surface area contributed by atoms with E-state index in [1.54, 1.807) is 36.5 Å². The normalized spacial score (nSPS) is 10.1. The SMILES string of the molecule is O=C(Nc1cccc(Cl)c1Cl)c1ccc[nH]1. The Balaban J connectivity index is 2.22. The van der Waals surface area contributed by atoms with Crippen LogP contribution >= 0.6 is 23.2 Å². The number of halogens is 2. The first-order valence-corrected chi connectivity index (χ1v) is 5.33. The summed E-state index contributed by atoms with van der Waals surface area (Å²) < 4.78 is 0. The Labute approximate surface area is 102 Å². The van der Waals surface area contributed by atoms with Crippen molar-refractivity contribution in [1.82, 2.24) is 4.98 Å². The van der Waals surface area contributed by atoms with Crippen molar-refractivity contribution in [2.75, 3.05) is 5.32 Å². The highest BCUT2D eigenvalue weighted by Crippen LogP contribution is 2.29. The molecule has 5 heteroatoms. The van der Waals surface area contributed by atoms with Crippen LogP contribution in [0.2, 0.25) is 10.0 Å². The van der Waals surface area contributed by atoms with Gasteiger partial charge in [0.05, 0.1) is 15.7 Å². The molecule has 82 valence electrons. The van der Waals surface area contributed by atoms with Gasteiger partial charge in [0.25, 0.3) is 5.91 Å². The first-order valence-electron chi connectivity index (χ1n) is 4.57. The number of amides is 1. The fourth-order valence-electron chi connectivity index (χ4n) is 1.26. The van der Waals surface area contributed by atoms with Gasteiger partial charge in [0, 0.05) is 6.20 Å². The number of H-pyrrole nitrogens is 1. The number of anilines is 1. The zero-order valence-corrected chi connectivity index (χ0v) is 9.64. The van der Waals surface area contributed by atoms with Crippen LogP contribution in [0.15, 0.2) is 36.5 Å². The molecule has 2 rings (SSSR count). The Morgan fingerprint density at radius 1 is 1.19 bits per heavy atom. The van der Waals surface area contributed by atoms with Crippen LogP contribution in [0.25, 0.3) is 0 Å². The summed E-state index contributed by atoms with van der Waals surface area (Å²) in [6.45, 7) is 0. The number of hydrogen-bond donors (Lipinski definition) is 2. The van der Waals surface area contributed by atoms with Crippen molar-refractivity contribution in [2.24, 2.45) is 0 Å². The molecule has 0 aliphatic rings. The van der Waals surface area contributed by atoms with Gasteiger partial charge in [0.2, 0.25) is 0 Å². The van der Waals surface area contributed by atoms with Gasteiger partial charge >= 0.3 is 0 Å². The second kappa shape index (κ2) is 4.60. The molecule has 3 nitrogen and oxygen atoms in total. The third kappa shape index (κ3) is 2.21. The lowest BCUT2D eigenvalue weighted by molar-refractivity contribution is 0.102. The maximum atomic E-state index is 11.7. The molecule has 1 aromatic carbocycles. The number of hydrogen-bond acceptors (Lipinski definition) is 1. The van der Waals surface area contributed by atoms with Crippen LogP contribution in [0.5, 0.6) is 0 Å². The van der Waals surface area contributed by atoms with Crippen molar-refractivity contribution >= 4 is 34.8 Å². The topological polar surface area (TPSA) is 44.9 Å². The summed E-state index contributed by atoms with van der Waals surface area (Å²) in [5.74, 6) is -0.255. The van der Waals surface area contributed by atoms with Gasteiger partial charge in [-0.15, -0.1) is 0 Å². The van der Waals surface area contributed by atoms with Gasteiger partial charge < -0.3 is 10.3 Å². The lowest BCUT2D eigenvalue weighted by atomic mass is 10.3. The number of nitrogens with one attached hydrogen (secondary N) is 2. The van der Waals surface area contributed by atoms with Crippen LogP contribution in [0.4, 0.5) is 5.69 Å². The molecule has 0 aliphatic heterocycles. The van der Waals surface area contributed by atoms with Gasteiger partial charge in [-0.2, -0.15) is 0 Å². The summed E-state index contributed by atoms with van der Waals surface area (Å²) in [6, 6.07) is 8.49. The van der Waals surface area contributed by atoms with Crippen molar-refractivity contribution < 1.29 is 4.79 Å².